The molecule has 0 amide bonds. The molecule has 0 unspecified atom stereocenters. The summed E-state index contributed by atoms with van der Waals surface area (Å²) in [5.41, 5.74) is 2.12. The topological polar surface area (TPSA) is 79.8 Å². The van der Waals surface area contributed by atoms with E-state index in [1.54, 1.807) is 7.05 Å². The van der Waals surface area contributed by atoms with E-state index in [0.29, 0.717) is 25.5 Å². The van der Waals surface area contributed by atoms with Crippen molar-refractivity contribution in [3.63, 3.8) is 0 Å². The smallest absolute Gasteiger partial charge is 0.191 e. The molecule has 0 aliphatic carbocycles. The van der Waals surface area contributed by atoms with Gasteiger partial charge in [-0.15, -0.1) is 24.0 Å². The minimum absolute atomic E-state index is 0. The number of hydrogen-bond acceptors (Lipinski definition) is 4. The SMILES string of the molecule is CCCCCCOc1cc(C)ccc1CNC(=NC)NCC(C)(C)CCS(C)(=O)=O.I. The molecule has 0 fully saturated rings. The number of nitrogens with zero attached hydrogens (tertiary/aromatic N) is 1. The predicted molar refractivity (Wildman–Crippen MR) is 143 cm³/mol. The van der Waals surface area contributed by atoms with Crippen LogP contribution in [0.5, 0.6) is 5.75 Å². The van der Waals surface area contributed by atoms with Gasteiger partial charge in [0.15, 0.2) is 5.96 Å². The van der Waals surface area contributed by atoms with Gasteiger partial charge in [-0.2, -0.15) is 0 Å². The number of ether oxygens (including phenoxy) is 1. The van der Waals surface area contributed by atoms with Gasteiger partial charge in [0.25, 0.3) is 0 Å². The summed E-state index contributed by atoms with van der Waals surface area (Å²) >= 11 is 0. The summed E-state index contributed by atoms with van der Waals surface area (Å²) in [6, 6.07) is 6.26. The standard InChI is InChI=1S/C23H41N3O3S.HI/c1-7-8-9-10-14-29-21-16-19(2)11-12-20(21)17-25-22(24-5)26-18-23(3,4)13-15-30(6,27)28;/h11-12,16H,7-10,13-15,17-18H2,1-6H3,(H2,24,25,26);1H. The zero-order valence-corrected chi connectivity index (χ0v) is 23.2. The van der Waals surface area contributed by atoms with Crippen molar-refractivity contribution < 1.29 is 13.2 Å². The van der Waals surface area contributed by atoms with Gasteiger partial charge in [0.05, 0.1) is 12.4 Å². The Morgan fingerprint density at radius 2 is 1.87 bits per heavy atom. The molecule has 0 heterocycles. The molecule has 0 aromatic heterocycles. The van der Waals surface area contributed by atoms with Crippen LogP contribution in [0.15, 0.2) is 23.2 Å². The molecule has 0 saturated carbocycles. The van der Waals surface area contributed by atoms with E-state index < -0.39 is 9.84 Å². The van der Waals surface area contributed by atoms with E-state index in [0.717, 1.165) is 24.3 Å². The Labute approximate surface area is 207 Å². The van der Waals surface area contributed by atoms with Gasteiger partial charge in [0.1, 0.15) is 15.6 Å². The molecule has 1 aromatic carbocycles. The number of nitrogens with one attached hydrogen (secondary N) is 2. The molecule has 180 valence electrons. The molecule has 6 nitrogen and oxygen atoms in total. The minimum atomic E-state index is -2.96. The van der Waals surface area contributed by atoms with Gasteiger partial charge < -0.3 is 15.4 Å². The quantitative estimate of drug-likeness (QED) is 0.156. The second kappa shape index (κ2) is 14.9. The van der Waals surface area contributed by atoms with Crippen molar-refractivity contribution in [1.29, 1.82) is 0 Å². The fourth-order valence-electron chi connectivity index (χ4n) is 2.93. The van der Waals surface area contributed by atoms with Crippen molar-refractivity contribution in [2.24, 2.45) is 10.4 Å². The molecular formula is C23H42IN3O3S. The summed E-state index contributed by atoms with van der Waals surface area (Å²) < 4.78 is 28.9. The molecule has 1 aromatic rings. The van der Waals surface area contributed by atoms with Crippen LogP contribution in [0.2, 0.25) is 0 Å². The Balaban J connectivity index is 0.00000900. The van der Waals surface area contributed by atoms with Gasteiger partial charge in [-0.05, 0) is 36.8 Å². The molecule has 8 heteroatoms. The highest BCUT2D eigenvalue weighted by Gasteiger charge is 2.20. The molecule has 0 aliphatic rings. The summed E-state index contributed by atoms with van der Waals surface area (Å²) in [6.45, 7) is 10.4. The first-order valence-electron chi connectivity index (χ1n) is 10.9. The monoisotopic (exact) mass is 567 g/mol. The van der Waals surface area contributed by atoms with Gasteiger partial charge in [-0.3, -0.25) is 4.99 Å². The molecule has 1 rings (SSSR count). The number of sulfone groups is 1. The maximum Gasteiger partial charge on any atom is 0.191 e. The predicted octanol–water partition coefficient (Wildman–Crippen LogP) is 4.70. The number of hydrogen-bond donors (Lipinski definition) is 2. The van der Waals surface area contributed by atoms with Crippen LogP contribution < -0.4 is 15.4 Å². The van der Waals surface area contributed by atoms with Crippen LogP contribution in [-0.4, -0.2) is 46.6 Å². The molecular weight excluding hydrogens is 525 g/mol. The second-order valence-corrected chi connectivity index (χ2v) is 11.1. The fourth-order valence-corrected chi connectivity index (χ4v) is 3.85. The van der Waals surface area contributed by atoms with Crippen molar-refractivity contribution in [1.82, 2.24) is 10.6 Å². The Bertz CT molecular complexity index is 780. The maximum absolute atomic E-state index is 11.4. The summed E-state index contributed by atoms with van der Waals surface area (Å²) in [5.74, 6) is 1.80. The molecule has 0 spiro atoms. The Kier molecular flexibility index (Phi) is 14.4. The van der Waals surface area contributed by atoms with Crippen molar-refractivity contribution in [2.75, 3.05) is 32.2 Å². The molecule has 0 aliphatic heterocycles. The van der Waals surface area contributed by atoms with E-state index in [2.05, 4.69) is 61.5 Å². The molecule has 31 heavy (non-hydrogen) atoms. The minimum Gasteiger partial charge on any atom is -0.493 e. The number of rotatable bonds is 13. The van der Waals surface area contributed by atoms with Crippen LogP contribution in [0.3, 0.4) is 0 Å². The lowest BCUT2D eigenvalue weighted by atomic mass is 9.90. The van der Waals surface area contributed by atoms with Crippen molar-refractivity contribution in [3.8, 4) is 5.75 Å². The van der Waals surface area contributed by atoms with Crippen LogP contribution in [-0.2, 0) is 16.4 Å². The number of halogens is 1. The second-order valence-electron chi connectivity index (χ2n) is 8.84. The zero-order chi connectivity index (χ0) is 22.6. The van der Waals surface area contributed by atoms with Crippen LogP contribution in [0, 0.1) is 12.3 Å². The first kappa shape index (κ1) is 30.0. The van der Waals surface area contributed by atoms with Crippen LogP contribution in [0.25, 0.3) is 0 Å². The fraction of sp³-hybridized carbons (Fsp3) is 0.696. The van der Waals surface area contributed by atoms with Gasteiger partial charge in [-0.25, -0.2) is 8.42 Å². The van der Waals surface area contributed by atoms with E-state index in [1.165, 1.54) is 31.1 Å². The van der Waals surface area contributed by atoms with E-state index in [1.807, 2.05) is 0 Å². The normalized spacial score (nSPS) is 12.3. The first-order valence-corrected chi connectivity index (χ1v) is 13.0. The van der Waals surface area contributed by atoms with Gasteiger partial charge >= 0.3 is 0 Å². The van der Waals surface area contributed by atoms with Gasteiger partial charge in [0, 0.05) is 32.0 Å². The summed E-state index contributed by atoms with van der Waals surface area (Å²) in [7, 11) is -1.22. The Hall–Kier alpha value is -1.03. The van der Waals surface area contributed by atoms with Crippen LogP contribution in [0.4, 0.5) is 0 Å². The van der Waals surface area contributed by atoms with E-state index in [-0.39, 0.29) is 35.1 Å². The number of aliphatic imine (C=N–C) groups is 1. The average molecular weight is 568 g/mol. The third-order valence-corrected chi connectivity index (χ3v) is 5.98. The summed E-state index contributed by atoms with van der Waals surface area (Å²) in [4.78, 5) is 4.29. The first-order chi connectivity index (χ1) is 14.1. The van der Waals surface area contributed by atoms with Crippen molar-refractivity contribution in [3.05, 3.63) is 29.3 Å². The van der Waals surface area contributed by atoms with Gasteiger partial charge in [0.2, 0.25) is 0 Å². The zero-order valence-electron chi connectivity index (χ0n) is 20.1. The average Bonchev–Trinajstić information content (AvgIpc) is 2.67. The highest BCUT2D eigenvalue weighted by atomic mass is 127. The number of aryl methyl sites for hydroxylation is 1. The molecule has 0 radical (unpaired) electrons. The number of unbranched alkanes of at least 4 members (excludes halogenated alkanes) is 3. The van der Waals surface area contributed by atoms with E-state index in [9.17, 15) is 8.42 Å². The molecule has 0 saturated heterocycles. The number of benzene rings is 1. The molecule has 2 N–H and O–H groups in total. The highest BCUT2D eigenvalue weighted by Crippen LogP contribution is 2.21. The van der Waals surface area contributed by atoms with Crippen molar-refractivity contribution >= 4 is 39.8 Å². The third-order valence-electron chi connectivity index (χ3n) is 5.03. The molecule has 0 atom stereocenters. The third kappa shape index (κ3) is 13.9. The maximum atomic E-state index is 11.4. The lowest BCUT2D eigenvalue weighted by Crippen LogP contribution is -2.42. The van der Waals surface area contributed by atoms with Crippen molar-refractivity contribution in [2.45, 2.75) is 66.3 Å². The van der Waals surface area contributed by atoms with Crippen LogP contribution >= 0.6 is 24.0 Å². The largest absolute Gasteiger partial charge is 0.493 e. The van der Waals surface area contributed by atoms with E-state index >= 15 is 0 Å². The summed E-state index contributed by atoms with van der Waals surface area (Å²) in [5, 5.41) is 6.66. The van der Waals surface area contributed by atoms with E-state index in [4.69, 9.17) is 4.74 Å². The lowest BCUT2D eigenvalue weighted by Gasteiger charge is -2.26. The van der Waals surface area contributed by atoms with Crippen LogP contribution in [0.1, 0.15) is 64.0 Å². The Morgan fingerprint density at radius 1 is 1.16 bits per heavy atom. The summed E-state index contributed by atoms with van der Waals surface area (Å²) in [6.07, 6.45) is 6.61. The number of guanidine groups is 1. The van der Waals surface area contributed by atoms with Gasteiger partial charge in [-0.1, -0.05) is 52.2 Å². The molecule has 0 bridgehead atoms. The lowest BCUT2D eigenvalue weighted by molar-refractivity contribution is 0.301. The highest BCUT2D eigenvalue weighted by molar-refractivity contribution is 14.0. The Morgan fingerprint density at radius 3 is 2.48 bits per heavy atom.